The maximum atomic E-state index is 6.17. The number of hydrogen-bond acceptors (Lipinski definition) is 5. The molecule has 0 radical (unpaired) electrons. The Hall–Kier alpha value is -1.46. The van der Waals surface area contributed by atoms with Gasteiger partial charge in [-0.1, -0.05) is 0 Å². The van der Waals surface area contributed by atoms with Crippen LogP contribution in [0.25, 0.3) is 0 Å². The number of aryl methyl sites for hydroxylation is 1. The third-order valence-corrected chi connectivity index (χ3v) is 4.95. The number of rotatable bonds is 4. The fourth-order valence-corrected chi connectivity index (χ4v) is 3.83. The van der Waals surface area contributed by atoms with Gasteiger partial charge in [0.15, 0.2) is 5.13 Å². The van der Waals surface area contributed by atoms with E-state index in [-0.39, 0.29) is 6.04 Å². The highest BCUT2D eigenvalue weighted by Gasteiger charge is 2.23. The van der Waals surface area contributed by atoms with Crippen LogP contribution in [0, 0.1) is 0 Å². The SMILES string of the molecule is CCN(Cc1ccncc1)c1nc2c(s1)CCCC2N. The molecular formula is C15H20N4S. The largest absolute Gasteiger partial charge is 0.344 e. The van der Waals surface area contributed by atoms with Crippen LogP contribution in [0.5, 0.6) is 0 Å². The Morgan fingerprint density at radius 2 is 2.20 bits per heavy atom. The highest BCUT2D eigenvalue weighted by molar-refractivity contribution is 7.15. The zero-order chi connectivity index (χ0) is 13.9. The molecule has 0 spiro atoms. The first-order valence-electron chi connectivity index (χ1n) is 7.17. The van der Waals surface area contributed by atoms with Crippen LogP contribution in [0.2, 0.25) is 0 Å². The van der Waals surface area contributed by atoms with Crippen molar-refractivity contribution < 1.29 is 0 Å². The van der Waals surface area contributed by atoms with E-state index in [0.717, 1.165) is 36.8 Å². The first kappa shape index (κ1) is 13.5. The summed E-state index contributed by atoms with van der Waals surface area (Å²) < 4.78 is 0. The van der Waals surface area contributed by atoms with Crippen LogP contribution < -0.4 is 10.6 Å². The monoisotopic (exact) mass is 288 g/mol. The second kappa shape index (κ2) is 5.89. The van der Waals surface area contributed by atoms with E-state index >= 15 is 0 Å². The van der Waals surface area contributed by atoms with Crippen LogP contribution in [0.15, 0.2) is 24.5 Å². The van der Waals surface area contributed by atoms with Gasteiger partial charge in [-0.15, -0.1) is 11.3 Å². The van der Waals surface area contributed by atoms with E-state index in [1.807, 2.05) is 23.7 Å². The molecular weight excluding hydrogens is 268 g/mol. The minimum Gasteiger partial charge on any atom is -0.344 e. The molecule has 0 aliphatic heterocycles. The van der Waals surface area contributed by atoms with Crippen LogP contribution >= 0.6 is 11.3 Å². The van der Waals surface area contributed by atoms with Crippen LogP contribution in [0.4, 0.5) is 5.13 Å². The maximum Gasteiger partial charge on any atom is 0.186 e. The van der Waals surface area contributed by atoms with Gasteiger partial charge in [-0.3, -0.25) is 4.98 Å². The van der Waals surface area contributed by atoms with Crippen molar-refractivity contribution in [2.24, 2.45) is 5.73 Å². The van der Waals surface area contributed by atoms with Gasteiger partial charge >= 0.3 is 0 Å². The molecule has 1 unspecified atom stereocenters. The zero-order valence-electron chi connectivity index (χ0n) is 11.7. The van der Waals surface area contributed by atoms with Gasteiger partial charge in [0.2, 0.25) is 0 Å². The molecule has 2 aromatic rings. The van der Waals surface area contributed by atoms with Crippen LogP contribution in [0.3, 0.4) is 0 Å². The second-order valence-electron chi connectivity index (χ2n) is 5.17. The first-order chi connectivity index (χ1) is 9.78. The van der Waals surface area contributed by atoms with E-state index in [0.29, 0.717) is 0 Å². The van der Waals surface area contributed by atoms with Crippen molar-refractivity contribution in [1.82, 2.24) is 9.97 Å². The summed E-state index contributed by atoms with van der Waals surface area (Å²) >= 11 is 1.81. The molecule has 3 rings (SSSR count). The molecule has 0 amide bonds. The van der Waals surface area contributed by atoms with Crippen molar-refractivity contribution in [3.05, 3.63) is 40.7 Å². The number of pyridine rings is 1. The Morgan fingerprint density at radius 1 is 1.40 bits per heavy atom. The van der Waals surface area contributed by atoms with Crippen molar-refractivity contribution >= 4 is 16.5 Å². The van der Waals surface area contributed by atoms with Gasteiger partial charge in [-0.2, -0.15) is 0 Å². The molecule has 20 heavy (non-hydrogen) atoms. The van der Waals surface area contributed by atoms with E-state index in [1.165, 1.54) is 16.9 Å². The highest BCUT2D eigenvalue weighted by atomic mass is 32.1. The van der Waals surface area contributed by atoms with E-state index in [2.05, 4.69) is 28.9 Å². The molecule has 2 heterocycles. The number of thiazole rings is 1. The Balaban J connectivity index is 1.83. The molecule has 0 saturated heterocycles. The Bertz CT molecular complexity index is 567. The van der Waals surface area contributed by atoms with Gasteiger partial charge in [0.05, 0.1) is 5.69 Å². The van der Waals surface area contributed by atoms with E-state index < -0.39 is 0 Å². The first-order valence-corrected chi connectivity index (χ1v) is 7.98. The predicted molar refractivity (Wildman–Crippen MR) is 82.9 cm³/mol. The minimum atomic E-state index is 0.128. The molecule has 0 fully saturated rings. The Morgan fingerprint density at radius 3 is 2.90 bits per heavy atom. The number of nitrogens with zero attached hydrogens (tertiary/aromatic N) is 3. The van der Waals surface area contributed by atoms with Crippen LogP contribution in [-0.4, -0.2) is 16.5 Å². The fraction of sp³-hybridized carbons (Fsp3) is 0.467. The quantitative estimate of drug-likeness (QED) is 0.940. The summed E-state index contributed by atoms with van der Waals surface area (Å²) in [5.74, 6) is 0. The molecule has 106 valence electrons. The lowest BCUT2D eigenvalue weighted by Crippen LogP contribution is -2.22. The smallest absolute Gasteiger partial charge is 0.186 e. The fourth-order valence-electron chi connectivity index (χ4n) is 2.60. The Labute approximate surface area is 123 Å². The third kappa shape index (κ3) is 2.69. The molecule has 1 atom stereocenters. The molecule has 0 aromatic carbocycles. The van der Waals surface area contributed by atoms with Crippen molar-refractivity contribution in [1.29, 1.82) is 0 Å². The number of nitrogens with two attached hydrogens (primary N) is 1. The average molecular weight is 288 g/mol. The van der Waals surface area contributed by atoms with Gasteiger partial charge in [-0.25, -0.2) is 4.98 Å². The van der Waals surface area contributed by atoms with Gasteiger partial charge in [0.1, 0.15) is 0 Å². The van der Waals surface area contributed by atoms with Crippen LogP contribution in [-0.2, 0) is 13.0 Å². The Kier molecular flexibility index (Phi) is 3.98. The van der Waals surface area contributed by atoms with Gasteiger partial charge in [0, 0.05) is 36.4 Å². The number of aromatic nitrogens is 2. The summed E-state index contributed by atoms with van der Waals surface area (Å²) in [5, 5.41) is 1.10. The lowest BCUT2D eigenvalue weighted by atomic mass is 9.99. The summed E-state index contributed by atoms with van der Waals surface area (Å²) in [6.45, 7) is 3.99. The standard InChI is InChI=1S/C15H20N4S/c1-2-19(10-11-6-8-17-9-7-11)15-18-14-12(16)4-3-5-13(14)20-15/h6-9,12H,2-5,10,16H2,1H3. The minimum absolute atomic E-state index is 0.128. The molecule has 2 aromatic heterocycles. The number of anilines is 1. The molecule has 2 N–H and O–H groups in total. The summed E-state index contributed by atoms with van der Waals surface area (Å²) in [5.41, 5.74) is 8.56. The topological polar surface area (TPSA) is 55.0 Å². The summed E-state index contributed by atoms with van der Waals surface area (Å²) in [4.78, 5) is 12.6. The summed E-state index contributed by atoms with van der Waals surface area (Å²) in [7, 11) is 0. The van der Waals surface area contributed by atoms with Crippen molar-refractivity contribution in [3.63, 3.8) is 0 Å². The summed E-state index contributed by atoms with van der Waals surface area (Å²) in [6.07, 6.45) is 7.06. The molecule has 0 bridgehead atoms. The molecule has 0 saturated carbocycles. The molecule has 1 aliphatic rings. The average Bonchev–Trinajstić information content (AvgIpc) is 2.91. The van der Waals surface area contributed by atoms with E-state index in [4.69, 9.17) is 10.7 Å². The van der Waals surface area contributed by atoms with E-state index in [1.54, 1.807) is 0 Å². The van der Waals surface area contributed by atoms with Crippen LogP contribution in [0.1, 0.15) is 41.9 Å². The summed E-state index contributed by atoms with van der Waals surface area (Å²) in [6, 6.07) is 4.24. The van der Waals surface area contributed by atoms with Crippen molar-refractivity contribution in [2.75, 3.05) is 11.4 Å². The molecule has 4 nitrogen and oxygen atoms in total. The number of hydrogen-bond donors (Lipinski definition) is 1. The second-order valence-corrected chi connectivity index (χ2v) is 6.24. The zero-order valence-corrected chi connectivity index (χ0v) is 12.6. The highest BCUT2D eigenvalue weighted by Crippen LogP contribution is 2.35. The molecule has 5 heteroatoms. The number of fused-ring (bicyclic) bond motifs is 1. The van der Waals surface area contributed by atoms with E-state index in [9.17, 15) is 0 Å². The molecule has 1 aliphatic carbocycles. The maximum absolute atomic E-state index is 6.17. The third-order valence-electron chi connectivity index (χ3n) is 3.76. The lowest BCUT2D eigenvalue weighted by Gasteiger charge is -2.19. The van der Waals surface area contributed by atoms with Gasteiger partial charge < -0.3 is 10.6 Å². The van der Waals surface area contributed by atoms with Crippen molar-refractivity contribution in [3.8, 4) is 0 Å². The van der Waals surface area contributed by atoms with Gasteiger partial charge in [-0.05, 0) is 43.9 Å². The van der Waals surface area contributed by atoms with Gasteiger partial charge in [0.25, 0.3) is 0 Å². The van der Waals surface area contributed by atoms with Crippen molar-refractivity contribution in [2.45, 2.75) is 38.8 Å². The normalized spacial score (nSPS) is 17.8. The lowest BCUT2D eigenvalue weighted by molar-refractivity contribution is 0.563. The predicted octanol–water partition coefficient (Wildman–Crippen LogP) is 2.90.